The molecule has 1 atom stereocenters. The summed E-state index contributed by atoms with van der Waals surface area (Å²) in [6, 6.07) is 11.7. The Morgan fingerprint density at radius 3 is 2.42 bits per heavy atom. The molecule has 0 fully saturated rings. The highest BCUT2D eigenvalue weighted by molar-refractivity contribution is 7.07. The van der Waals surface area contributed by atoms with E-state index in [0.717, 1.165) is 0 Å². The monoisotopic (exact) mass is 608 g/mol. The number of rotatable bonds is 12. The van der Waals surface area contributed by atoms with Crippen molar-refractivity contribution in [2.45, 2.75) is 53.7 Å². The molecule has 0 aliphatic carbocycles. The summed E-state index contributed by atoms with van der Waals surface area (Å²) in [7, 11) is 0. The predicted octanol–water partition coefficient (Wildman–Crippen LogP) is 3.93. The van der Waals surface area contributed by atoms with E-state index in [2.05, 4.69) is 4.99 Å². The van der Waals surface area contributed by atoms with Crippen LogP contribution >= 0.6 is 11.3 Å². The molecule has 0 radical (unpaired) electrons. The zero-order valence-electron chi connectivity index (χ0n) is 25.2. The van der Waals surface area contributed by atoms with Crippen LogP contribution in [0.25, 0.3) is 6.08 Å². The van der Waals surface area contributed by atoms with Crippen molar-refractivity contribution in [3.63, 3.8) is 0 Å². The lowest BCUT2D eigenvalue weighted by Gasteiger charge is -2.26. The smallest absolute Gasteiger partial charge is 0.344 e. The fraction of sp³-hybridized carbons (Fsp3) is 0.375. The minimum atomic E-state index is -0.801. The van der Waals surface area contributed by atoms with Crippen molar-refractivity contribution in [3.05, 3.63) is 84.5 Å². The lowest BCUT2D eigenvalue weighted by atomic mass is 9.95. The van der Waals surface area contributed by atoms with Crippen LogP contribution in [0.4, 0.5) is 0 Å². The number of benzene rings is 2. The highest BCUT2D eigenvalue weighted by Crippen LogP contribution is 2.36. The first kappa shape index (κ1) is 31.6. The van der Waals surface area contributed by atoms with E-state index in [1.165, 1.54) is 15.9 Å². The molecular formula is C32H36N2O8S. The van der Waals surface area contributed by atoms with Gasteiger partial charge in [-0.25, -0.2) is 14.6 Å². The maximum atomic E-state index is 14.0. The van der Waals surface area contributed by atoms with Crippen LogP contribution in [0.1, 0.15) is 58.7 Å². The molecule has 2 heterocycles. The van der Waals surface area contributed by atoms with Crippen LogP contribution in [0.2, 0.25) is 0 Å². The zero-order valence-corrected chi connectivity index (χ0v) is 26.0. The first-order valence-corrected chi connectivity index (χ1v) is 15.0. The molecular weight excluding hydrogens is 572 g/mol. The number of ether oxygens (including phenoxy) is 5. The lowest BCUT2D eigenvalue weighted by molar-refractivity contribution is -0.145. The summed E-state index contributed by atoms with van der Waals surface area (Å²) in [6.07, 6.45) is 1.61. The van der Waals surface area contributed by atoms with Gasteiger partial charge in [-0.05, 0) is 71.4 Å². The Balaban J connectivity index is 1.84. The van der Waals surface area contributed by atoms with Gasteiger partial charge in [0, 0.05) is 5.56 Å². The number of para-hydroxylation sites is 1. The minimum Gasteiger partial charge on any atom is -0.491 e. The number of nitrogens with zero attached hydrogens (tertiary/aromatic N) is 2. The normalized spacial score (nSPS) is 14.7. The summed E-state index contributed by atoms with van der Waals surface area (Å²) < 4.78 is 29.7. The Labute approximate surface area is 253 Å². The molecule has 4 rings (SSSR count). The van der Waals surface area contributed by atoms with Gasteiger partial charge in [0.2, 0.25) is 0 Å². The van der Waals surface area contributed by atoms with Gasteiger partial charge < -0.3 is 23.7 Å². The lowest BCUT2D eigenvalue weighted by Crippen LogP contribution is -2.40. The van der Waals surface area contributed by atoms with Gasteiger partial charge in [-0.2, -0.15) is 0 Å². The molecule has 1 aromatic heterocycles. The molecule has 10 nitrogen and oxygen atoms in total. The van der Waals surface area contributed by atoms with Crippen LogP contribution in [0.3, 0.4) is 0 Å². The average Bonchev–Trinajstić information content (AvgIpc) is 3.26. The number of hydrogen-bond donors (Lipinski definition) is 0. The number of allylic oxidation sites excluding steroid dienone is 1. The van der Waals surface area contributed by atoms with Crippen molar-refractivity contribution < 1.29 is 33.3 Å². The van der Waals surface area contributed by atoms with Crippen molar-refractivity contribution in [3.8, 4) is 17.2 Å². The maximum absolute atomic E-state index is 14.0. The third-order valence-electron chi connectivity index (χ3n) is 6.31. The molecule has 0 spiro atoms. The third-order valence-corrected chi connectivity index (χ3v) is 7.29. The Hall–Kier alpha value is -4.38. The largest absolute Gasteiger partial charge is 0.491 e. The Kier molecular flexibility index (Phi) is 10.4. The number of thiazole rings is 1. The molecule has 2 aromatic carbocycles. The molecule has 228 valence electrons. The molecule has 43 heavy (non-hydrogen) atoms. The zero-order chi connectivity index (χ0) is 31.1. The Morgan fingerprint density at radius 2 is 1.72 bits per heavy atom. The van der Waals surface area contributed by atoms with Gasteiger partial charge in [0.05, 0.1) is 41.7 Å². The van der Waals surface area contributed by atoms with Crippen LogP contribution in [0.5, 0.6) is 17.2 Å². The van der Waals surface area contributed by atoms with E-state index < -0.39 is 18.0 Å². The fourth-order valence-electron chi connectivity index (χ4n) is 4.65. The van der Waals surface area contributed by atoms with Crippen LogP contribution in [-0.4, -0.2) is 49.0 Å². The second-order valence-corrected chi connectivity index (χ2v) is 10.7. The summed E-state index contributed by atoms with van der Waals surface area (Å²) in [5, 5.41) is 0. The molecule has 1 aliphatic heterocycles. The van der Waals surface area contributed by atoms with Gasteiger partial charge in [-0.3, -0.25) is 9.36 Å². The SMILES string of the molecule is CCOC(=O)COc1ccc(/C=c2\sc3n(c2=O)[C@@H](c2ccccc2OC(C)C)C(C(=O)OCC)=C(C)N=3)cc1OCC. The number of aromatic nitrogens is 1. The first-order chi connectivity index (χ1) is 20.7. The highest BCUT2D eigenvalue weighted by Gasteiger charge is 2.35. The van der Waals surface area contributed by atoms with Gasteiger partial charge in [-0.15, -0.1) is 0 Å². The van der Waals surface area contributed by atoms with Gasteiger partial charge in [0.25, 0.3) is 5.56 Å². The predicted molar refractivity (Wildman–Crippen MR) is 162 cm³/mol. The van der Waals surface area contributed by atoms with Gasteiger partial charge in [-0.1, -0.05) is 35.6 Å². The standard InChI is InChI=1S/C32H36N2O8S/c1-7-38-25-16-21(14-15-24(25)41-18-27(35)39-8-2)17-26-30(36)34-29(22-12-10-11-13-23(22)42-19(4)5)28(31(37)40-9-3)20(6)33-32(34)43-26/h10-17,19,29H,7-9,18H2,1-6H3/b26-17-/t29-/m0/s1. The summed E-state index contributed by atoms with van der Waals surface area (Å²) in [5.74, 6) is 0.342. The summed E-state index contributed by atoms with van der Waals surface area (Å²) in [4.78, 5) is 44.2. The van der Waals surface area contributed by atoms with Crippen LogP contribution < -0.4 is 29.1 Å². The van der Waals surface area contributed by atoms with Crippen LogP contribution in [0.15, 0.2) is 63.5 Å². The van der Waals surface area contributed by atoms with Crippen molar-refractivity contribution in [1.29, 1.82) is 0 Å². The Bertz CT molecular complexity index is 1700. The first-order valence-electron chi connectivity index (χ1n) is 14.2. The molecule has 0 saturated carbocycles. The molecule has 0 unspecified atom stereocenters. The molecule has 0 amide bonds. The molecule has 0 bridgehead atoms. The van der Waals surface area contributed by atoms with Crippen molar-refractivity contribution in [2.75, 3.05) is 26.4 Å². The van der Waals surface area contributed by atoms with Gasteiger partial charge in [0.1, 0.15) is 11.8 Å². The van der Waals surface area contributed by atoms with E-state index >= 15 is 0 Å². The second kappa shape index (κ2) is 14.2. The number of carbonyl (C=O) groups is 2. The van der Waals surface area contributed by atoms with Crippen molar-refractivity contribution in [1.82, 2.24) is 4.57 Å². The molecule has 1 aliphatic rings. The molecule has 0 N–H and O–H groups in total. The van der Waals surface area contributed by atoms with E-state index in [9.17, 15) is 14.4 Å². The van der Waals surface area contributed by atoms with Gasteiger partial charge >= 0.3 is 11.9 Å². The van der Waals surface area contributed by atoms with Crippen molar-refractivity contribution in [2.24, 2.45) is 4.99 Å². The highest BCUT2D eigenvalue weighted by atomic mass is 32.1. The van der Waals surface area contributed by atoms with Crippen LogP contribution in [-0.2, 0) is 19.1 Å². The molecule has 3 aromatic rings. The fourth-order valence-corrected chi connectivity index (χ4v) is 5.69. The van der Waals surface area contributed by atoms with E-state index in [-0.39, 0.29) is 37.1 Å². The third kappa shape index (κ3) is 7.16. The summed E-state index contributed by atoms with van der Waals surface area (Å²) >= 11 is 1.22. The quantitative estimate of drug-likeness (QED) is 0.284. The van der Waals surface area contributed by atoms with E-state index in [1.807, 2.05) is 45.0 Å². The van der Waals surface area contributed by atoms with Crippen LogP contribution in [0, 0.1) is 0 Å². The second-order valence-electron chi connectivity index (χ2n) is 9.74. The topological polar surface area (TPSA) is 115 Å². The van der Waals surface area contributed by atoms with Gasteiger partial charge in [0.15, 0.2) is 22.9 Å². The summed E-state index contributed by atoms with van der Waals surface area (Å²) in [6.45, 7) is 11.4. The van der Waals surface area contributed by atoms with Crippen molar-refractivity contribution >= 4 is 29.4 Å². The summed E-state index contributed by atoms with van der Waals surface area (Å²) in [5.41, 5.74) is 1.77. The maximum Gasteiger partial charge on any atom is 0.344 e. The minimum absolute atomic E-state index is 0.128. The Morgan fingerprint density at radius 1 is 0.977 bits per heavy atom. The molecule has 0 saturated heterocycles. The number of hydrogen-bond acceptors (Lipinski definition) is 10. The van der Waals surface area contributed by atoms with E-state index in [4.69, 9.17) is 23.7 Å². The average molecular weight is 609 g/mol. The molecule has 11 heteroatoms. The number of fused-ring (bicyclic) bond motifs is 1. The van der Waals surface area contributed by atoms with E-state index in [1.54, 1.807) is 45.0 Å². The number of carbonyl (C=O) groups excluding carboxylic acids is 2. The van der Waals surface area contributed by atoms with E-state index in [0.29, 0.717) is 50.0 Å². The number of esters is 2.